The summed E-state index contributed by atoms with van der Waals surface area (Å²) in [6.07, 6.45) is 0.366. The highest BCUT2D eigenvalue weighted by molar-refractivity contribution is 5.81. The van der Waals surface area contributed by atoms with Crippen LogP contribution in [0.3, 0.4) is 0 Å². The average Bonchev–Trinajstić information content (AvgIpc) is 2.42. The van der Waals surface area contributed by atoms with E-state index < -0.39 is 5.92 Å². The van der Waals surface area contributed by atoms with Crippen LogP contribution in [0.2, 0.25) is 0 Å². The maximum Gasteiger partial charge on any atom is 0.237 e. The Hall–Kier alpha value is -2.02. The lowest BCUT2D eigenvalue weighted by molar-refractivity contribution is -0.123. The second-order valence-corrected chi connectivity index (χ2v) is 4.84. The van der Waals surface area contributed by atoms with Crippen LogP contribution in [0.4, 0.5) is 0 Å². The lowest BCUT2D eigenvalue weighted by Gasteiger charge is -2.13. The Balaban J connectivity index is 2.71. The van der Waals surface area contributed by atoms with Gasteiger partial charge in [-0.15, -0.1) is 0 Å². The first kappa shape index (κ1) is 15.0. The molecule has 1 atom stereocenters. The summed E-state index contributed by atoms with van der Waals surface area (Å²) in [4.78, 5) is 11.9. The predicted molar refractivity (Wildman–Crippen MR) is 73.6 cm³/mol. The molecular formula is C15H20N2O2. The number of methoxy groups -OCH3 is 1. The largest absolute Gasteiger partial charge is 0.496 e. The van der Waals surface area contributed by atoms with Crippen molar-refractivity contribution in [3.63, 3.8) is 0 Å². The average molecular weight is 260 g/mol. The van der Waals surface area contributed by atoms with Crippen LogP contribution in [0, 0.1) is 23.2 Å². The number of amides is 1. The number of ether oxygens (including phenoxy) is 1. The van der Waals surface area contributed by atoms with Gasteiger partial charge in [0.2, 0.25) is 5.91 Å². The van der Waals surface area contributed by atoms with E-state index >= 15 is 0 Å². The number of nitrogens with zero attached hydrogens (tertiary/aromatic N) is 1. The standard InChI is InChI=1S/C15H20N2O2/c1-11(2)10-17-15(18)13(9-16)8-12-6-4-5-7-14(12)19-3/h4-7,11,13H,8,10H2,1-3H3,(H,17,18). The van der Waals surface area contributed by atoms with E-state index in [1.54, 1.807) is 7.11 Å². The number of carbonyl (C=O) groups excluding carboxylic acids is 1. The zero-order chi connectivity index (χ0) is 14.3. The molecule has 0 heterocycles. The van der Waals surface area contributed by atoms with Gasteiger partial charge in [-0.25, -0.2) is 0 Å². The van der Waals surface area contributed by atoms with Gasteiger partial charge in [-0.1, -0.05) is 32.0 Å². The van der Waals surface area contributed by atoms with Crippen molar-refractivity contribution in [1.82, 2.24) is 5.32 Å². The van der Waals surface area contributed by atoms with E-state index in [9.17, 15) is 4.79 Å². The molecule has 4 heteroatoms. The molecular weight excluding hydrogens is 240 g/mol. The molecule has 1 unspecified atom stereocenters. The van der Waals surface area contributed by atoms with Crippen molar-refractivity contribution in [1.29, 1.82) is 5.26 Å². The summed E-state index contributed by atoms with van der Waals surface area (Å²) in [6, 6.07) is 9.50. The number of benzene rings is 1. The lowest BCUT2D eigenvalue weighted by Crippen LogP contribution is -2.33. The van der Waals surface area contributed by atoms with Gasteiger partial charge in [0.25, 0.3) is 0 Å². The van der Waals surface area contributed by atoms with Gasteiger partial charge in [0.15, 0.2) is 0 Å². The highest BCUT2D eigenvalue weighted by Gasteiger charge is 2.19. The molecule has 1 aromatic rings. The van der Waals surface area contributed by atoms with Crippen LogP contribution >= 0.6 is 0 Å². The van der Waals surface area contributed by atoms with Crippen LogP contribution < -0.4 is 10.1 Å². The number of hydrogen-bond donors (Lipinski definition) is 1. The van der Waals surface area contributed by atoms with Crippen LogP contribution in [0.5, 0.6) is 5.75 Å². The van der Waals surface area contributed by atoms with Crippen LogP contribution in [0.15, 0.2) is 24.3 Å². The minimum absolute atomic E-state index is 0.220. The van der Waals surface area contributed by atoms with Crippen LogP contribution in [-0.2, 0) is 11.2 Å². The second kappa shape index (κ2) is 7.42. The fourth-order valence-corrected chi connectivity index (χ4v) is 1.72. The second-order valence-electron chi connectivity index (χ2n) is 4.84. The van der Waals surface area contributed by atoms with E-state index in [1.807, 2.05) is 38.1 Å². The van der Waals surface area contributed by atoms with Gasteiger partial charge in [-0.2, -0.15) is 5.26 Å². The summed E-state index contributed by atoms with van der Waals surface area (Å²) >= 11 is 0. The minimum Gasteiger partial charge on any atom is -0.496 e. The molecule has 0 aliphatic carbocycles. The number of nitrogens with one attached hydrogen (secondary N) is 1. The third-order valence-corrected chi connectivity index (χ3v) is 2.77. The van der Waals surface area contributed by atoms with Gasteiger partial charge in [0.05, 0.1) is 13.2 Å². The molecule has 0 spiro atoms. The van der Waals surface area contributed by atoms with E-state index in [2.05, 4.69) is 11.4 Å². The normalized spacial score (nSPS) is 11.7. The van der Waals surface area contributed by atoms with Gasteiger partial charge in [0.1, 0.15) is 11.7 Å². The molecule has 0 bridgehead atoms. The Labute approximate surface area is 114 Å². The van der Waals surface area contributed by atoms with Crippen molar-refractivity contribution in [3.8, 4) is 11.8 Å². The van der Waals surface area contributed by atoms with Gasteiger partial charge < -0.3 is 10.1 Å². The molecule has 0 aromatic heterocycles. The summed E-state index contributed by atoms with van der Waals surface area (Å²) < 4.78 is 5.23. The molecule has 1 amide bonds. The first-order valence-electron chi connectivity index (χ1n) is 6.37. The third kappa shape index (κ3) is 4.63. The first-order valence-corrected chi connectivity index (χ1v) is 6.37. The summed E-state index contributed by atoms with van der Waals surface area (Å²) in [5.41, 5.74) is 0.872. The fourth-order valence-electron chi connectivity index (χ4n) is 1.72. The Bertz CT molecular complexity index is 463. The lowest BCUT2D eigenvalue weighted by atomic mass is 9.99. The Kier molecular flexibility index (Phi) is 5.87. The molecule has 1 N–H and O–H groups in total. The summed E-state index contributed by atoms with van der Waals surface area (Å²) in [6.45, 7) is 4.62. The molecule has 1 rings (SSSR count). The molecule has 1 aromatic carbocycles. The maximum atomic E-state index is 11.9. The van der Waals surface area contributed by atoms with E-state index in [0.717, 1.165) is 5.56 Å². The molecule has 19 heavy (non-hydrogen) atoms. The SMILES string of the molecule is COc1ccccc1CC(C#N)C(=O)NCC(C)C. The van der Waals surface area contributed by atoms with Gasteiger partial charge in [-0.3, -0.25) is 4.79 Å². The van der Waals surface area contributed by atoms with E-state index in [0.29, 0.717) is 24.6 Å². The summed E-state index contributed by atoms with van der Waals surface area (Å²) in [7, 11) is 1.58. The van der Waals surface area contributed by atoms with Gasteiger partial charge >= 0.3 is 0 Å². The van der Waals surface area contributed by atoms with E-state index in [4.69, 9.17) is 10.00 Å². The number of hydrogen-bond acceptors (Lipinski definition) is 3. The van der Waals surface area contributed by atoms with Crippen molar-refractivity contribution >= 4 is 5.91 Å². The quantitative estimate of drug-likeness (QED) is 0.852. The number of rotatable bonds is 6. The highest BCUT2D eigenvalue weighted by Crippen LogP contribution is 2.20. The van der Waals surface area contributed by atoms with E-state index in [-0.39, 0.29) is 5.91 Å². The molecule has 102 valence electrons. The number of para-hydroxylation sites is 1. The van der Waals surface area contributed by atoms with Crippen molar-refractivity contribution < 1.29 is 9.53 Å². The van der Waals surface area contributed by atoms with Crippen LogP contribution in [0.25, 0.3) is 0 Å². The third-order valence-electron chi connectivity index (χ3n) is 2.77. The number of carbonyl (C=O) groups is 1. The molecule has 4 nitrogen and oxygen atoms in total. The van der Waals surface area contributed by atoms with Crippen molar-refractivity contribution in [2.45, 2.75) is 20.3 Å². The Morgan fingerprint density at radius 2 is 2.11 bits per heavy atom. The molecule has 0 saturated heterocycles. The Morgan fingerprint density at radius 3 is 2.68 bits per heavy atom. The van der Waals surface area contributed by atoms with Crippen molar-refractivity contribution in [2.75, 3.05) is 13.7 Å². The highest BCUT2D eigenvalue weighted by atomic mass is 16.5. The van der Waals surface area contributed by atoms with Gasteiger partial charge in [0, 0.05) is 13.0 Å². The monoisotopic (exact) mass is 260 g/mol. The first-order chi connectivity index (χ1) is 9.08. The van der Waals surface area contributed by atoms with E-state index in [1.165, 1.54) is 0 Å². The predicted octanol–water partition coefficient (Wildman–Crippen LogP) is 2.15. The minimum atomic E-state index is -0.685. The molecule has 0 radical (unpaired) electrons. The molecule has 0 aliphatic rings. The zero-order valence-electron chi connectivity index (χ0n) is 11.6. The van der Waals surface area contributed by atoms with Crippen LogP contribution in [0.1, 0.15) is 19.4 Å². The molecule has 0 saturated carbocycles. The smallest absolute Gasteiger partial charge is 0.237 e. The summed E-state index contributed by atoms with van der Waals surface area (Å²) in [5, 5.41) is 11.9. The van der Waals surface area contributed by atoms with Gasteiger partial charge in [-0.05, 0) is 17.5 Å². The zero-order valence-corrected chi connectivity index (χ0v) is 11.6. The van der Waals surface area contributed by atoms with Crippen LogP contribution in [-0.4, -0.2) is 19.6 Å². The molecule has 0 fully saturated rings. The fraction of sp³-hybridized carbons (Fsp3) is 0.467. The maximum absolute atomic E-state index is 11.9. The summed E-state index contributed by atoms with van der Waals surface area (Å²) in [5.74, 6) is 0.172. The number of nitriles is 1. The van der Waals surface area contributed by atoms with Crippen molar-refractivity contribution in [3.05, 3.63) is 29.8 Å². The van der Waals surface area contributed by atoms with Crippen molar-refractivity contribution in [2.24, 2.45) is 11.8 Å². The molecule has 0 aliphatic heterocycles. The topological polar surface area (TPSA) is 62.1 Å². The Morgan fingerprint density at radius 1 is 1.42 bits per heavy atom.